The molecule has 2 rings (SSSR count). The first-order valence-corrected chi connectivity index (χ1v) is 4.97. The highest BCUT2D eigenvalue weighted by molar-refractivity contribution is 5.31. The van der Waals surface area contributed by atoms with E-state index in [2.05, 4.69) is 4.98 Å². The van der Waals surface area contributed by atoms with E-state index < -0.39 is 11.6 Å². The van der Waals surface area contributed by atoms with E-state index in [0.29, 0.717) is 11.3 Å². The normalized spacial score (nSPS) is 10.3. The molecule has 0 saturated carbocycles. The van der Waals surface area contributed by atoms with E-state index >= 15 is 0 Å². The molecule has 88 valence electrons. The van der Waals surface area contributed by atoms with E-state index in [0.717, 1.165) is 6.20 Å². The van der Waals surface area contributed by atoms with Gasteiger partial charge in [0.1, 0.15) is 17.4 Å². The van der Waals surface area contributed by atoms with Crippen molar-refractivity contribution >= 4 is 0 Å². The van der Waals surface area contributed by atoms with Crippen LogP contribution < -0.4 is 10.5 Å². The van der Waals surface area contributed by atoms with Crippen molar-refractivity contribution in [1.29, 1.82) is 0 Å². The number of rotatable bonds is 3. The molecule has 0 atom stereocenters. The van der Waals surface area contributed by atoms with Gasteiger partial charge in [-0.25, -0.2) is 13.8 Å². The first kappa shape index (κ1) is 11.5. The van der Waals surface area contributed by atoms with Crippen molar-refractivity contribution in [3.63, 3.8) is 0 Å². The average molecular weight is 236 g/mol. The van der Waals surface area contributed by atoms with Gasteiger partial charge in [-0.1, -0.05) is 6.07 Å². The zero-order chi connectivity index (χ0) is 12.3. The van der Waals surface area contributed by atoms with Crippen LogP contribution in [-0.2, 0) is 6.54 Å². The summed E-state index contributed by atoms with van der Waals surface area (Å²) in [6, 6.07) is 6.91. The highest BCUT2D eigenvalue weighted by Gasteiger charge is 2.04. The Balaban J connectivity index is 2.19. The van der Waals surface area contributed by atoms with Gasteiger partial charge in [-0.05, 0) is 12.1 Å². The molecular weight excluding hydrogens is 226 g/mol. The maximum atomic E-state index is 13.4. The predicted molar refractivity (Wildman–Crippen MR) is 58.6 cm³/mol. The van der Waals surface area contributed by atoms with Crippen molar-refractivity contribution in [1.82, 2.24) is 4.98 Å². The van der Waals surface area contributed by atoms with Gasteiger partial charge in [-0.2, -0.15) is 0 Å². The van der Waals surface area contributed by atoms with E-state index in [1.54, 1.807) is 6.07 Å². The Bertz CT molecular complexity index is 514. The highest BCUT2D eigenvalue weighted by Crippen LogP contribution is 2.21. The van der Waals surface area contributed by atoms with Crippen LogP contribution in [0.4, 0.5) is 8.78 Å². The molecular formula is C12H10F2N2O. The summed E-state index contributed by atoms with van der Waals surface area (Å²) in [4.78, 5) is 3.70. The monoisotopic (exact) mass is 236 g/mol. The quantitative estimate of drug-likeness (QED) is 0.891. The average Bonchev–Trinajstić information content (AvgIpc) is 2.32. The number of aromatic nitrogens is 1. The summed E-state index contributed by atoms with van der Waals surface area (Å²) in [5.74, 6) is -0.403. The van der Waals surface area contributed by atoms with Crippen molar-refractivity contribution in [2.24, 2.45) is 5.73 Å². The molecule has 0 spiro atoms. The zero-order valence-corrected chi connectivity index (χ0v) is 8.86. The number of hydrogen-bond donors (Lipinski definition) is 1. The Kier molecular flexibility index (Phi) is 3.30. The van der Waals surface area contributed by atoms with Gasteiger partial charge >= 0.3 is 0 Å². The third-order valence-corrected chi connectivity index (χ3v) is 2.17. The third-order valence-electron chi connectivity index (χ3n) is 2.17. The van der Waals surface area contributed by atoms with Crippen molar-refractivity contribution in [3.8, 4) is 11.6 Å². The highest BCUT2D eigenvalue weighted by atomic mass is 19.1. The van der Waals surface area contributed by atoms with Crippen LogP contribution in [0.25, 0.3) is 0 Å². The van der Waals surface area contributed by atoms with Gasteiger partial charge in [0.2, 0.25) is 5.88 Å². The Morgan fingerprint density at radius 3 is 2.59 bits per heavy atom. The lowest BCUT2D eigenvalue weighted by Crippen LogP contribution is -1.99. The smallest absolute Gasteiger partial charge is 0.219 e. The van der Waals surface area contributed by atoms with Crippen LogP contribution in [0.1, 0.15) is 5.56 Å². The summed E-state index contributed by atoms with van der Waals surface area (Å²) in [5.41, 5.74) is 5.74. The molecule has 1 aromatic carbocycles. The summed E-state index contributed by atoms with van der Waals surface area (Å²) >= 11 is 0. The molecule has 0 aliphatic carbocycles. The van der Waals surface area contributed by atoms with Gasteiger partial charge in [0.05, 0.1) is 6.20 Å². The molecule has 0 unspecified atom stereocenters. The Morgan fingerprint density at radius 2 is 2.00 bits per heavy atom. The molecule has 0 radical (unpaired) electrons. The molecule has 17 heavy (non-hydrogen) atoms. The minimum Gasteiger partial charge on any atom is -0.439 e. The summed E-state index contributed by atoms with van der Waals surface area (Å²) in [7, 11) is 0. The molecule has 0 amide bonds. The second-order valence-corrected chi connectivity index (χ2v) is 3.37. The Hall–Kier alpha value is -2.01. The van der Waals surface area contributed by atoms with Crippen molar-refractivity contribution in [2.75, 3.05) is 0 Å². The number of halogens is 2. The summed E-state index contributed by atoms with van der Waals surface area (Å²) in [6.07, 6.45) is 1.03. The predicted octanol–water partition coefficient (Wildman–Crippen LogP) is 2.61. The van der Waals surface area contributed by atoms with Gasteiger partial charge in [-0.15, -0.1) is 0 Å². The fourth-order valence-corrected chi connectivity index (χ4v) is 1.30. The lowest BCUT2D eigenvalue weighted by atomic mass is 10.2. The second-order valence-electron chi connectivity index (χ2n) is 3.37. The van der Waals surface area contributed by atoms with E-state index in [-0.39, 0.29) is 12.4 Å². The molecule has 0 aliphatic rings. The molecule has 2 aromatic rings. The first-order chi connectivity index (χ1) is 8.19. The lowest BCUT2D eigenvalue weighted by Gasteiger charge is -2.06. The standard InChI is InChI=1S/C12H10F2N2O/c13-9-2-4-12(16-7-9)17-10-3-1-8(6-15)11(14)5-10/h1-5,7H,6,15H2. The second kappa shape index (κ2) is 4.88. The maximum Gasteiger partial charge on any atom is 0.219 e. The van der Waals surface area contributed by atoms with Crippen LogP contribution in [0.15, 0.2) is 36.5 Å². The minimum atomic E-state index is -0.456. The van der Waals surface area contributed by atoms with Crippen molar-refractivity contribution in [2.45, 2.75) is 6.54 Å². The maximum absolute atomic E-state index is 13.4. The Labute approximate surface area is 96.9 Å². The topological polar surface area (TPSA) is 48.1 Å². The molecule has 1 aromatic heterocycles. The number of nitrogens with two attached hydrogens (primary N) is 1. The van der Waals surface area contributed by atoms with Gasteiger partial charge in [0.15, 0.2) is 0 Å². The van der Waals surface area contributed by atoms with E-state index in [9.17, 15) is 8.78 Å². The number of nitrogens with zero attached hydrogens (tertiary/aromatic N) is 1. The van der Waals surface area contributed by atoms with Crippen molar-refractivity contribution in [3.05, 3.63) is 53.7 Å². The van der Waals surface area contributed by atoms with E-state index in [1.165, 1.54) is 24.3 Å². The van der Waals surface area contributed by atoms with Gasteiger partial charge in [-0.3, -0.25) is 0 Å². The number of benzene rings is 1. The fourth-order valence-electron chi connectivity index (χ4n) is 1.30. The van der Waals surface area contributed by atoms with E-state index in [1.807, 2.05) is 0 Å². The molecule has 2 N–H and O–H groups in total. The fraction of sp³-hybridized carbons (Fsp3) is 0.0833. The van der Waals surface area contributed by atoms with Crippen LogP contribution in [-0.4, -0.2) is 4.98 Å². The van der Waals surface area contributed by atoms with Crippen LogP contribution >= 0.6 is 0 Å². The van der Waals surface area contributed by atoms with Crippen LogP contribution in [0.5, 0.6) is 11.6 Å². The molecule has 3 nitrogen and oxygen atoms in total. The van der Waals surface area contributed by atoms with Crippen LogP contribution in [0, 0.1) is 11.6 Å². The molecule has 1 heterocycles. The molecule has 0 aliphatic heterocycles. The zero-order valence-electron chi connectivity index (χ0n) is 8.86. The molecule has 0 bridgehead atoms. The number of ether oxygens (including phenoxy) is 1. The van der Waals surface area contributed by atoms with E-state index in [4.69, 9.17) is 10.5 Å². The first-order valence-electron chi connectivity index (χ1n) is 4.97. The third kappa shape index (κ3) is 2.76. The van der Waals surface area contributed by atoms with Crippen LogP contribution in [0.3, 0.4) is 0 Å². The lowest BCUT2D eigenvalue weighted by molar-refractivity contribution is 0.454. The number of hydrogen-bond acceptors (Lipinski definition) is 3. The van der Waals surface area contributed by atoms with Crippen LogP contribution in [0.2, 0.25) is 0 Å². The molecule has 0 saturated heterocycles. The molecule has 0 fully saturated rings. The van der Waals surface area contributed by atoms with Gasteiger partial charge in [0.25, 0.3) is 0 Å². The SMILES string of the molecule is NCc1ccc(Oc2ccc(F)cn2)cc1F. The summed E-state index contributed by atoms with van der Waals surface area (Å²) in [5, 5.41) is 0. The Morgan fingerprint density at radius 1 is 1.18 bits per heavy atom. The largest absolute Gasteiger partial charge is 0.439 e. The summed E-state index contributed by atoms with van der Waals surface area (Å²) in [6.45, 7) is 0.126. The van der Waals surface area contributed by atoms with Crippen molar-refractivity contribution < 1.29 is 13.5 Å². The van der Waals surface area contributed by atoms with Gasteiger partial charge < -0.3 is 10.5 Å². The number of pyridine rings is 1. The molecule has 5 heteroatoms. The summed E-state index contributed by atoms with van der Waals surface area (Å²) < 4.78 is 31.2. The van der Waals surface area contributed by atoms with Gasteiger partial charge in [0, 0.05) is 24.2 Å². The minimum absolute atomic E-state index is 0.126.